The molecule has 118 valence electrons. The first-order chi connectivity index (χ1) is 11.1. The Morgan fingerprint density at radius 2 is 2.17 bits per heavy atom. The molecule has 2 aromatic rings. The molecule has 0 saturated heterocycles. The number of nitrogens with zero attached hydrogens (tertiary/aromatic N) is 4. The number of hydrogen-bond acceptors (Lipinski definition) is 5. The second-order valence-electron chi connectivity index (χ2n) is 4.74. The Hall–Kier alpha value is -2.22. The van der Waals surface area contributed by atoms with Gasteiger partial charge in [0.1, 0.15) is 16.8 Å². The van der Waals surface area contributed by atoms with Crippen molar-refractivity contribution in [2.24, 2.45) is 0 Å². The Kier molecular flexibility index (Phi) is 5.86. The molecule has 0 aliphatic carbocycles. The van der Waals surface area contributed by atoms with Crippen LogP contribution in [0.2, 0.25) is 0 Å². The average molecular weight is 344 g/mol. The van der Waals surface area contributed by atoms with Crippen molar-refractivity contribution in [1.29, 1.82) is 10.5 Å². The van der Waals surface area contributed by atoms with Crippen LogP contribution in [0.4, 0.5) is 0 Å². The molecule has 0 saturated carbocycles. The van der Waals surface area contributed by atoms with Crippen molar-refractivity contribution >= 4 is 34.7 Å². The second-order valence-corrected chi connectivity index (χ2v) is 6.76. The van der Waals surface area contributed by atoms with Crippen LogP contribution >= 0.6 is 23.1 Å². The molecule has 2 aromatic heterocycles. The maximum Gasteiger partial charge on any atom is 0.269 e. The lowest BCUT2D eigenvalue weighted by Gasteiger charge is -1.99. The van der Waals surface area contributed by atoms with E-state index in [9.17, 15) is 4.79 Å². The highest BCUT2D eigenvalue weighted by Gasteiger charge is 2.09. The van der Waals surface area contributed by atoms with Crippen LogP contribution in [-0.4, -0.2) is 21.1 Å². The van der Waals surface area contributed by atoms with Crippen molar-refractivity contribution in [2.75, 3.05) is 12.0 Å². The molecule has 0 unspecified atom stereocenters. The minimum atomic E-state index is -0.147. The molecule has 2 heterocycles. The van der Waals surface area contributed by atoms with Gasteiger partial charge in [-0.3, -0.25) is 9.36 Å². The quantitative estimate of drug-likeness (QED) is 0.815. The summed E-state index contributed by atoms with van der Waals surface area (Å²) in [5.74, 6) is 0.749. The molecule has 5 nitrogen and oxygen atoms in total. The predicted molar refractivity (Wildman–Crippen MR) is 94.5 cm³/mol. The average Bonchev–Trinajstić information content (AvgIpc) is 3.13. The molecule has 2 rings (SSSR count). The summed E-state index contributed by atoms with van der Waals surface area (Å²) in [6.45, 7) is 3.40. The SMILES string of the molecule is CCn1ccc(C=c2sc(=C(C#N)C#N)n(CCSC)c2=O)c1. The van der Waals surface area contributed by atoms with Crippen molar-refractivity contribution < 1.29 is 0 Å². The Morgan fingerprint density at radius 3 is 2.74 bits per heavy atom. The fourth-order valence-corrected chi connectivity index (χ4v) is 3.55. The molecule has 0 radical (unpaired) electrons. The standard InChI is InChI=1S/C16H16N4OS2/c1-3-19-5-4-12(11-19)8-14-15(21)20(6-7-22-2)16(23-14)13(9-17)10-18/h4-5,8,11H,3,6-7H2,1-2H3. The zero-order chi connectivity index (χ0) is 16.8. The summed E-state index contributed by atoms with van der Waals surface area (Å²) < 4.78 is 4.54. The van der Waals surface area contributed by atoms with Crippen molar-refractivity contribution in [3.05, 3.63) is 43.6 Å². The smallest absolute Gasteiger partial charge is 0.269 e. The predicted octanol–water partition coefficient (Wildman–Crippen LogP) is 1.12. The van der Waals surface area contributed by atoms with Crippen LogP contribution in [0, 0.1) is 22.7 Å². The molecule has 0 amide bonds. The number of thioether (sulfide) groups is 1. The van der Waals surface area contributed by atoms with Crippen molar-refractivity contribution in [3.63, 3.8) is 0 Å². The number of thiazole rings is 1. The maximum atomic E-state index is 12.6. The highest BCUT2D eigenvalue weighted by atomic mass is 32.2. The van der Waals surface area contributed by atoms with Crippen molar-refractivity contribution in [3.8, 4) is 12.1 Å². The highest BCUT2D eigenvalue weighted by molar-refractivity contribution is 7.98. The van der Waals surface area contributed by atoms with Crippen LogP contribution in [-0.2, 0) is 13.1 Å². The molecule has 0 aliphatic rings. The summed E-state index contributed by atoms with van der Waals surface area (Å²) in [6.07, 6.45) is 7.68. The third kappa shape index (κ3) is 3.76. The largest absolute Gasteiger partial charge is 0.354 e. The maximum absolute atomic E-state index is 12.6. The van der Waals surface area contributed by atoms with Gasteiger partial charge in [0, 0.05) is 31.2 Å². The van der Waals surface area contributed by atoms with Gasteiger partial charge < -0.3 is 4.57 Å². The summed E-state index contributed by atoms with van der Waals surface area (Å²) in [6, 6.07) is 5.71. The Labute approximate surface area is 142 Å². The van der Waals surface area contributed by atoms with Gasteiger partial charge >= 0.3 is 0 Å². The van der Waals surface area contributed by atoms with Crippen LogP contribution in [0.15, 0.2) is 23.3 Å². The van der Waals surface area contributed by atoms with E-state index in [0.29, 0.717) is 15.7 Å². The molecule has 0 spiro atoms. The molecule has 0 bridgehead atoms. The number of nitriles is 2. The summed E-state index contributed by atoms with van der Waals surface area (Å²) >= 11 is 2.82. The van der Waals surface area contributed by atoms with Gasteiger partial charge in [0.25, 0.3) is 5.56 Å². The molecular formula is C16H16N4OS2. The summed E-state index contributed by atoms with van der Waals surface area (Å²) in [4.78, 5) is 12.6. The number of aryl methyl sites for hydroxylation is 1. The Morgan fingerprint density at radius 1 is 1.43 bits per heavy atom. The zero-order valence-electron chi connectivity index (χ0n) is 12.9. The van der Waals surface area contributed by atoms with Gasteiger partial charge in [-0.1, -0.05) is 0 Å². The topological polar surface area (TPSA) is 74.5 Å². The van der Waals surface area contributed by atoms with E-state index in [1.165, 1.54) is 15.9 Å². The van der Waals surface area contributed by atoms with Gasteiger partial charge in [-0.05, 0) is 30.9 Å². The van der Waals surface area contributed by atoms with Crippen LogP contribution in [0.25, 0.3) is 11.6 Å². The number of hydrogen-bond donors (Lipinski definition) is 0. The van der Waals surface area contributed by atoms with E-state index in [0.717, 1.165) is 17.9 Å². The third-order valence-electron chi connectivity index (χ3n) is 3.30. The summed E-state index contributed by atoms with van der Waals surface area (Å²) in [5, 5.41) is 18.2. The van der Waals surface area contributed by atoms with Crippen molar-refractivity contribution in [2.45, 2.75) is 20.0 Å². The van der Waals surface area contributed by atoms with E-state index in [1.807, 2.05) is 54.4 Å². The molecular weight excluding hydrogens is 328 g/mol. The lowest BCUT2D eigenvalue weighted by atomic mass is 10.3. The summed E-state index contributed by atoms with van der Waals surface area (Å²) in [7, 11) is 0. The lowest BCUT2D eigenvalue weighted by molar-refractivity contribution is 0.730. The molecule has 0 aliphatic heterocycles. The summed E-state index contributed by atoms with van der Waals surface area (Å²) in [5.41, 5.74) is 0.773. The van der Waals surface area contributed by atoms with E-state index in [1.54, 1.807) is 11.8 Å². The number of rotatable bonds is 5. The first-order valence-electron chi connectivity index (χ1n) is 7.05. The fraction of sp³-hybridized carbons (Fsp3) is 0.312. The lowest BCUT2D eigenvalue weighted by Crippen LogP contribution is -2.32. The fourth-order valence-electron chi connectivity index (χ4n) is 2.10. The number of aromatic nitrogens is 2. The van der Waals surface area contributed by atoms with Crippen LogP contribution in [0.1, 0.15) is 12.5 Å². The van der Waals surface area contributed by atoms with Gasteiger partial charge in [0.15, 0.2) is 5.57 Å². The van der Waals surface area contributed by atoms with Gasteiger partial charge in [-0.2, -0.15) is 22.3 Å². The normalized spacial score (nSPS) is 11.2. The van der Waals surface area contributed by atoms with E-state index in [4.69, 9.17) is 10.5 Å². The van der Waals surface area contributed by atoms with E-state index in [-0.39, 0.29) is 11.1 Å². The third-order valence-corrected chi connectivity index (χ3v) is 5.02. The van der Waals surface area contributed by atoms with Gasteiger partial charge in [0.05, 0.1) is 4.53 Å². The van der Waals surface area contributed by atoms with E-state index in [2.05, 4.69) is 0 Å². The zero-order valence-corrected chi connectivity index (χ0v) is 14.6. The molecule has 0 aromatic carbocycles. The minimum Gasteiger partial charge on any atom is -0.354 e. The van der Waals surface area contributed by atoms with Crippen LogP contribution in [0.3, 0.4) is 0 Å². The van der Waals surface area contributed by atoms with E-state index < -0.39 is 0 Å². The van der Waals surface area contributed by atoms with E-state index >= 15 is 0 Å². The Bertz CT molecular complexity index is 934. The van der Waals surface area contributed by atoms with Crippen LogP contribution < -0.4 is 14.8 Å². The minimum absolute atomic E-state index is 0.0148. The Balaban J connectivity index is 2.68. The monoisotopic (exact) mass is 344 g/mol. The molecule has 23 heavy (non-hydrogen) atoms. The van der Waals surface area contributed by atoms with Gasteiger partial charge in [0.2, 0.25) is 0 Å². The highest BCUT2D eigenvalue weighted by Crippen LogP contribution is 2.02. The molecule has 0 atom stereocenters. The van der Waals surface area contributed by atoms with Crippen LogP contribution in [0.5, 0.6) is 0 Å². The van der Waals surface area contributed by atoms with Gasteiger partial charge in [-0.25, -0.2) is 0 Å². The molecule has 7 heteroatoms. The molecule has 0 N–H and O–H groups in total. The van der Waals surface area contributed by atoms with Crippen molar-refractivity contribution in [1.82, 2.24) is 9.13 Å². The first kappa shape index (κ1) is 17.1. The second kappa shape index (κ2) is 7.87. The van der Waals surface area contributed by atoms with Gasteiger partial charge in [-0.15, -0.1) is 11.3 Å². The molecule has 0 fully saturated rings. The first-order valence-corrected chi connectivity index (χ1v) is 9.26.